The quantitative estimate of drug-likeness (QED) is 0.653. The van der Waals surface area contributed by atoms with Crippen molar-refractivity contribution < 1.29 is 4.74 Å². The van der Waals surface area contributed by atoms with E-state index in [0.29, 0.717) is 0 Å². The molecule has 3 nitrogen and oxygen atoms in total. The van der Waals surface area contributed by atoms with E-state index >= 15 is 0 Å². The van der Waals surface area contributed by atoms with E-state index in [0.717, 1.165) is 18.6 Å². The van der Waals surface area contributed by atoms with E-state index in [-0.39, 0.29) is 12.1 Å². The third-order valence-corrected chi connectivity index (χ3v) is 3.31. The van der Waals surface area contributed by atoms with Crippen LogP contribution in [-0.2, 0) is 4.74 Å². The molecule has 108 valence electrons. The van der Waals surface area contributed by atoms with Crippen LogP contribution in [0.15, 0.2) is 24.5 Å². The highest BCUT2D eigenvalue weighted by Crippen LogP contribution is 2.20. The molecule has 19 heavy (non-hydrogen) atoms. The van der Waals surface area contributed by atoms with E-state index in [1.807, 2.05) is 19.1 Å². The Morgan fingerprint density at radius 2 is 1.74 bits per heavy atom. The van der Waals surface area contributed by atoms with Gasteiger partial charge in [0.2, 0.25) is 0 Å². The maximum atomic E-state index is 6.00. The summed E-state index contributed by atoms with van der Waals surface area (Å²) >= 11 is 0. The zero-order valence-corrected chi connectivity index (χ0v) is 12.3. The van der Waals surface area contributed by atoms with Crippen LogP contribution in [-0.4, -0.2) is 17.6 Å². The first-order chi connectivity index (χ1) is 9.25. The van der Waals surface area contributed by atoms with E-state index in [2.05, 4.69) is 11.9 Å². The zero-order valence-electron chi connectivity index (χ0n) is 12.3. The number of hydrogen-bond acceptors (Lipinski definition) is 3. The van der Waals surface area contributed by atoms with Crippen LogP contribution in [0.2, 0.25) is 0 Å². The average molecular weight is 264 g/mol. The number of aromatic nitrogens is 1. The molecule has 2 atom stereocenters. The molecule has 0 aromatic carbocycles. The molecule has 1 heterocycles. The summed E-state index contributed by atoms with van der Waals surface area (Å²) in [6.45, 7) is 5.03. The summed E-state index contributed by atoms with van der Waals surface area (Å²) in [6.07, 6.45) is 11.2. The van der Waals surface area contributed by atoms with Gasteiger partial charge >= 0.3 is 0 Å². The molecule has 0 aliphatic heterocycles. The maximum absolute atomic E-state index is 6.00. The van der Waals surface area contributed by atoms with Crippen molar-refractivity contribution in [1.82, 2.24) is 4.98 Å². The van der Waals surface area contributed by atoms with E-state index in [9.17, 15) is 0 Å². The smallest absolute Gasteiger partial charge is 0.0974 e. The number of unbranched alkanes of at least 4 members (excludes halogenated alkanes) is 5. The lowest BCUT2D eigenvalue weighted by molar-refractivity contribution is 0.0358. The zero-order chi connectivity index (χ0) is 13.9. The Bertz CT molecular complexity index is 314. The predicted octanol–water partition coefficient (Wildman–Crippen LogP) is 3.85. The Labute approximate surface area is 117 Å². The fourth-order valence-electron chi connectivity index (χ4n) is 2.20. The van der Waals surface area contributed by atoms with Gasteiger partial charge in [0, 0.05) is 25.0 Å². The molecule has 0 spiro atoms. The van der Waals surface area contributed by atoms with Crippen LogP contribution < -0.4 is 5.73 Å². The number of nitrogens with two attached hydrogens (primary N) is 1. The molecule has 0 fully saturated rings. The third kappa shape index (κ3) is 6.69. The van der Waals surface area contributed by atoms with Crippen molar-refractivity contribution in [3.63, 3.8) is 0 Å². The minimum Gasteiger partial charge on any atom is -0.372 e. The Morgan fingerprint density at radius 1 is 1.11 bits per heavy atom. The summed E-state index contributed by atoms with van der Waals surface area (Å²) in [5, 5.41) is 0. The highest BCUT2D eigenvalue weighted by atomic mass is 16.5. The van der Waals surface area contributed by atoms with E-state index < -0.39 is 0 Å². The van der Waals surface area contributed by atoms with Crippen LogP contribution in [0, 0.1) is 0 Å². The molecule has 1 aromatic rings. The third-order valence-electron chi connectivity index (χ3n) is 3.31. The largest absolute Gasteiger partial charge is 0.372 e. The van der Waals surface area contributed by atoms with Crippen molar-refractivity contribution in [2.24, 2.45) is 5.73 Å². The van der Waals surface area contributed by atoms with Gasteiger partial charge in [-0.05, 0) is 31.0 Å². The predicted molar refractivity (Wildman–Crippen MR) is 80.0 cm³/mol. The van der Waals surface area contributed by atoms with Crippen LogP contribution in [0.25, 0.3) is 0 Å². The van der Waals surface area contributed by atoms with E-state index in [1.54, 1.807) is 12.4 Å². The molecule has 0 saturated carbocycles. The Kier molecular flexibility index (Phi) is 8.43. The van der Waals surface area contributed by atoms with Crippen LogP contribution in [0.3, 0.4) is 0 Å². The first-order valence-corrected chi connectivity index (χ1v) is 7.52. The van der Waals surface area contributed by atoms with Crippen LogP contribution in [0.1, 0.15) is 64.0 Å². The molecule has 0 radical (unpaired) electrons. The van der Waals surface area contributed by atoms with E-state index in [4.69, 9.17) is 10.5 Å². The van der Waals surface area contributed by atoms with Gasteiger partial charge in [-0.3, -0.25) is 4.98 Å². The molecule has 2 unspecified atom stereocenters. The van der Waals surface area contributed by atoms with Gasteiger partial charge in [-0.2, -0.15) is 0 Å². The molecule has 2 N–H and O–H groups in total. The van der Waals surface area contributed by atoms with Gasteiger partial charge in [0.05, 0.1) is 6.10 Å². The van der Waals surface area contributed by atoms with Crippen molar-refractivity contribution in [2.45, 2.75) is 64.5 Å². The summed E-state index contributed by atoms with van der Waals surface area (Å²) in [4.78, 5) is 4.03. The topological polar surface area (TPSA) is 48.1 Å². The lowest BCUT2D eigenvalue weighted by Crippen LogP contribution is -2.27. The maximum Gasteiger partial charge on any atom is 0.0974 e. The van der Waals surface area contributed by atoms with Gasteiger partial charge in [0.25, 0.3) is 0 Å². The van der Waals surface area contributed by atoms with Crippen LogP contribution in [0.5, 0.6) is 0 Å². The van der Waals surface area contributed by atoms with Crippen molar-refractivity contribution in [3.8, 4) is 0 Å². The van der Waals surface area contributed by atoms with Gasteiger partial charge < -0.3 is 10.5 Å². The molecule has 0 aliphatic carbocycles. The molecule has 1 aromatic heterocycles. The molecule has 1 rings (SSSR count). The summed E-state index contributed by atoms with van der Waals surface area (Å²) in [7, 11) is 0. The Balaban J connectivity index is 2.24. The summed E-state index contributed by atoms with van der Waals surface area (Å²) in [6, 6.07) is 3.97. The molecule has 3 heteroatoms. The number of rotatable bonds is 10. The average Bonchev–Trinajstić information content (AvgIpc) is 2.42. The lowest BCUT2D eigenvalue weighted by Gasteiger charge is -2.21. The normalized spacial score (nSPS) is 14.3. The van der Waals surface area contributed by atoms with Gasteiger partial charge in [-0.15, -0.1) is 0 Å². The minimum absolute atomic E-state index is 0.00231. The van der Waals surface area contributed by atoms with Crippen molar-refractivity contribution in [3.05, 3.63) is 30.1 Å². The van der Waals surface area contributed by atoms with Crippen LogP contribution in [0.4, 0.5) is 0 Å². The first-order valence-electron chi connectivity index (χ1n) is 7.52. The van der Waals surface area contributed by atoms with Gasteiger partial charge in [0.1, 0.15) is 0 Å². The number of nitrogens with zero attached hydrogens (tertiary/aromatic N) is 1. The standard InChI is InChI=1S/C16H28N2O/c1-3-4-5-6-7-8-13-19-16(14(2)17)15-9-11-18-12-10-15/h9-12,14,16H,3-8,13,17H2,1-2H3. The molecule has 0 amide bonds. The van der Waals surface area contributed by atoms with Gasteiger partial charge in [0.15, 0.2) is 0 Å². The fraction of sp³-hybridized carbons (Fsp3) is 0.688. The minimum atomic E-state index is -0.0151. The van der Waals surface area contributed by atoms with E-state index in [1.165, 1.54) is 32.1 Å². The SMILES string of the molecule is CCCCCCCCOC(c1ccncc1)C(C)N. The first kappa shape index (κ1) is 16.1. The molecule has 0 bridgehead atoms. The second kappa shape index (κ2) is 9.93. The Morgan fingerprint density at radius 3 is 2.37 bits per heavy atom. The molecular weight excluding hydrogens is 236 g/mol. The molecule has 0 saturated heterocycles. The van der Waals surface area contributed by atoms with Gasteiger partial charge in [-0.25, -0.2) is 0 Å². The number of pyridine rings is 1. The number of ether oxygens (including phenoxy) is 1. The second-order valence-corrected chi connectivity index (χ2v) is 5.20. The lowest BCUT2D eigenvalue weighted by atomic mass is 10.1. The highest BCUT2D eigenvalue weighted by molar-refractivity contribution is 5.14. The van der Waals surface area contributed by atoms with Gasteiger partial charge in [-0.1, -0.05) is 39.0 Å². The molecular formula is C16H28N2O. The second-order valence-electron chi connectivity index (χ2n) is 5.20. The van der Waals surface area contributed by atoms with Crippen molar-refractivity contribution in [2.75, 3.05) is 6.61 Å². The summed E-state index contributed by atoms with van der Waals surface area (Å²) in [5.74, 6) is 0. The monoisotopic (exact) mass is 264 g/mol. The number of hydrogen-bond donors (Lipinski definition) is 1. The van der Waals surface area contributed by atoms with Crippen molar-refractivity contribution >= 4 is 0 Å². The van der Waals surface area contributed by atoms with Crippen molar-refractivity contribution in [1.29, 1.82) is 0 Å². The fourth-order valence-corrected chi connectivity index (χ4v) is 2.20. The molecule has 0 aliphatic rings. The Hall–Kier alpha value is -0.930. The highest BCUT2D eigenvalue weighted by Gasteiger charge is 2.16. The van der Waals surface area contributed by atoms with Crippen LogP contribution >= 0.6 is 0 Å². The summed E-state index contributed by atoms with van der Waals surface area (Å²) < 4.78 is 5.94. The summed E-state index contributed by atoms with van der Waals surface area (Å²) in [5.41, 5.74) is 7.13.